The number of rotatable bonds is 3. The predicted molar refractivity (Wildman–Crippen MR) is 64.8 cm³/mol. The van der Waals surface area contributed by atoms with Gasteiger partial charge in [-0.25, -0.2) is 19.4 Å². The Kier molecular flexibility index (Phi) is 2.52. The van der Waals surface area contributed by atoms with E-state index in [1.165, 1.54) is 12.4 Å². The molecular weight excluding hydrogens is 248 g/mol. The highest BCUT2D eigenvalue weighted by molar-refractivity contribution is 5.99. The van der Waals surface area contributed by atoms with Gasteiger partial charge in [0.1, 0.15) is 29.8 Å². The quantitative estimate of drug-likeness (QED) is 0.768. The number of carboxylic acid groups (broad SMARTS) is 1. The Morgan fingerprint density at radius 2 is 2.32 bits per heavy atom. The summed E-state index contributed by atoms with van der Waals surface area (Å²) in [6.07, 6.45) is 2.97. The summed E-state index contributed by atoms with van der Waals surface area (Å²) in [5, 5.41) is 13.1. The Labute approximate surface area is 107 Å². The molecule has 0 amide bonds. The number of fused-ring (bicyclic) bond motifs is 1. The zero-order chi connectivity index (χ0) is 13.4. The molecule has 0 spiro atoms. The van der Waals surface area contributed by atoms with Crippen LogP contribution in [0, 0.1) is 0 Å². The second-order valence-electron chi connectivity index (χ2n) is 4.06. The lowest BCUT2D eigenvalue weighted by Crippen LogP contribution is -2.07. The molecule has 1 unspecified atom stereocenters. The van der Waals surface area contributed by atoms with Gasteiger partial charge in [0.05, 0.1) is 0 Å². The molecule has 0 bridgehead atoms. The minimum absolute atomic E-state index is 0.0991. The summed E-state index contributed by atoms with van der Waals surface area (Å²) in [5.41, 5.74) is 0.890. The Hall–Kier alpha value is -2.70. The van der Waals surface area contributed by atoms with Crippen LogP contribution in [-0.2, 0) is 0 Å². The van der Waals surface area contributed by atoms with E-state index in [9.17, 15) is 4.79 Å². The molecule has 0 aliphatic heterocycles. The van der Waals surface area contributed by atoms with Crippen LogP contribution in [0.15, 0.2) is 35.3 Å². The van der Waals surface area contributed by atoms with E-state index in [-0.39, 0.29) is 17.2 Å². The Morgan fingerprint density at radius 3 is 3.00 bits per heavy atom. The number of benzene rings is 1. The predicted octanol–water partition coefficient (Wildman–Crippen LogP) is 1.73. The zero-order valence-corrected chi connectivity index (χ0v) is 10.0. The first-order valence-corrected chi connectivity index (χ1v) is 5.63. The standard InChI is InChI=1S/C12H10N4O3/c1-7(16-6-13-5-14-16)11-15-9-4-2-3-8(12(17)18)10(9)19-11/h2-7H,1H3,(H,17,18). The molecule has 2 heterocycles. The lowest BCUT2D eigenvalue weighted by Gasteiger charge is -2.05. The zero-order valence-electron chi connectivity index (χ0n) is 10.0. The number of hydrogen-bond donors (Lipinski definition) is 1. The Morgan fingerprint density at radius 1 is 1.47 bits per heavy atom. The van der Waals surface area contributed by atoms with Crippen molar-refractivity contribution in [2.24, 2.45) is 0 Å². The van der Waals surface area contributed by atoms with Crippen molar-refractivity contribution in [3.05, 3.63) is 42.3 Å². The van der Waals surface area contributed by atoms with E-state index < -0.39 is 5.97 Å². The van der Waals surface area contributed by atoms with Crippen LogP contribution in [0.5, 0.6) is 0 Å². The number of carbonyl (C=O) groups is 1. The van der Waals surface area contributed by atoms with Crippen LogP contribution in [0.4, 0.5) is 0 Å². The summed E-state index contributed by atoms with van der Waals surface area (Å²) in [7, 11) is 0. The van der Waals surface area contributed by atoms with Gasteiger partial charge in [-0.2, -0.15) is 5.10 Å². The van der Waals surface area contributed by atoms with Gasteiger partial charge in [0.2, 0.25) is 5.89 Å². The number of nitrogens with zero attached hydrogens (tertiary/aromatic N) is 4. The molecule has 0 aliphatic rings. The van der Waals surface area contributed by atoms with E-state index in [0.29, 0.717) is 11.4 Å². The van der Waals surface area contributed by atoms with Gasteiger partial charge >= 0.3 is 5.97 Å². The molecule has 7 nitrogen and oxygen atoms in total. The van der Waals surface area contributed by atoms with Crippen LogP contribution in [0.25, 0.3) is 11.1 Å². The van der Waals surface area contributed by atoms with Gasteiger partial charge in [-0.3, -0.25) is 0 Å². The van der Waals surface area contributed by atoms with E-state index in [1.54, 1.807) is 23.1 Å². The molecule has 1 N–H and O–H groups in total. The first-order valence-electron chi connectivity index (χ1n) is 5.63. The average molecular weight is 258 g/mol. The number of para-hydroxylation sites is 1. The van der Waals surface area contributed by atoms with Crippen LogP contribution >= 0.6 is 0 Å². The van der Waals surface area contributed by atoms with E-state index >= 15 is 0 Å². The highest BCUT2D eigenvalue weighted by atomic mass is 16.4. The Balaban J connectivity index is 2.12. The maximum atomic E-state index is 11.1. The number of hydrogen-bond acceptors (Lipinski definition) is 5. The summed E-state index contributed by atoms with van der Waals surface area (Å²) < 4.78 is 7.15. The van der Waals surface area contributed by atoms with Crippen LogP contribution in [0.2, 0.25) is 0 Å². The lowest BCUT2D eigenvalue weighted by atomic mass is 10.2. The molecule has 0 radical (unpaired) electrons. The minimum atomic E-state index is -1.04. The van der Waals surface area contributed by atoms with E-state index in [2.05, 4.69) is 15.1 Å². The highest BCUT2D eigenvalue weighted by Crippen LogP contribution is 2.24. The molecule has 0 saturated heterocycles. The summed E-state index contributed by atoms with van der Waals surface area (Å²) in [5.74, 6) is -0.643. The van der Waals surface area contributed by atoms with Crippen LogP contribution in [0.3, 0.4) is 0 Å². The van der Waals surface area contributed by atoms with Gasteiger partial charge in [0.25, 0.3) is 0 Å². The molecular formula is C12H10N4O3. The lowest BCUT2D eigenvalue weighted by molar-refractivity contribution is 0.0697. The molecule has 1 aromatic carbocycles. The van der Waals surface area contributed by atoms with Crippen LogP contribution < -0.4 is 0 Å². The smallest absolute Gasteiger partial charge is 0.339 e. The third-order valence-electron chi connectivity index (χ3n) is 2.85. The Bertz CT molecular complexity index is 733. The van der Waals surface area contributed by atoms with Gasteiger partial charge in [0.15, 0.2) is 5.58 Å². The van der Waals surface area contributed by atoms with Crippen molar-refractivity contribution in [2.75, 3.05) is 0 Å². The SMILES string of the molecule is CC(c1nc2cccc(C(=O)O)c2o1)n1cncn1. The topological polar surface area (TPSA) is 94.0 Å². The number of aromatic carboxylic acids is 1. The number of oxazole rings is 1. The first-order chi connectivity index (χ1) is 9.16. The number of carboxylic acids is 1. The van der Waals surface area contributed by atoms with Crippen molar-refractivity contribution in [2.45, 2.75) is 13.0 Å². The largest absolute Gasteiger partial charge is 0.478 e. The molecule has 2 aromatic heterocycles. The third-order valence-corrected chi connectivity index (χ3v) is 2.85. The van der Waals surface area contributed by atoms with Gasteiger partial charge in [-0.05, 0) is 19.1 Å². The summed E-state index contributed by atoms with van der Waals surface area (Å²) in [6.45, 7) is 1.85. The summed E-state index contributed by atoms with van der Waals surface area (Å²) in [6, 6.07) is 4.58. The molecule has 1 atom stereocenters. The summed E-state index contributed by atoms with van der Waals surface area (Å²) in [4.78, 5) is 19.3. The van der Waals surface area contributed by atoms with Gasteiger partial charge in [-0.15, -0.1) is 0 Å². The average Bonchev–Trinajstić information content (AvgIpc) is 3.06. The van der Waals surface area contributed by atoms with Crippen molar-refractivity contribution in [1.29, 1.82) is 0 Å². The molecule has 0 saturated carbocycles. The fourth-order valence-electron chi connectivity index (χ4n) is 1.84. The van der Waals surface area contributed by atoms with E-state index in [1.807, 2.05) is 6.92 Å². The molecule has 0 aliphatic carbocycles. The van der Waals surface area contributed by atoms with Crippen LogP contribution in [-0.4, -0.2) is 30.8 Å². The van der Waals surface area contributed by atoms with Crippen molar-refractivity contribution in [3.63, 3.8) is 0 Å². The van der Waals surface area contributed by atoms with E-state index in [0.717, 1.165) is 0 Å². The van der Waals surface area contributed by atoms with Crippen molar-refractivity contribution in [1.82, 2.24) is 19.7 Å². The first kappa shape index (κ1) is 11.4. The van der Waals surface area contributed by atoms with Crippen molar-refractivity contribution in [3.8, 4) is 0 Å². The summed E-state index contributed by atoms with van der Waals surface area (Å²) >= 11 is 0. The molecule has 0 fully saturated rings. The second kappa shape index (κ2) is 4.20. The second-order valence-corrected chi connectivity index (χ2v) is 4.06. The molecule has 19 heavy (non-hydrogen) atoms. The van der Waals surface area contributed by atoms with Gasteiger partial charge < -0.3 is 9.52 Å². The van der Waals surface area contributed by atoms with Crippen molar-refractivity contribution < 1.29 is 14.3 Å². The monoisotopic (exact) mass is 258 g/mol. The van der Waals surface area contributed by atoms with Crippen molar-refractivity contribution >= 4 is 17.1 Å². The maximum absolute atomic E-state index is 11.1. The third kappa shape index (κ3) is 1.85. The molecule has 96 valence electrons. The maximum Gasteiger partial charge on any atom is 0.339 e. The molecule has 3 aromatic rings. The van der Waals surface area contributed by atoms with Crippen LogP contribution in [0.1, 0.15) is 29.2 Å². The highest BCUT2D eigenvalue weighted by Gasteiger charge is 2.19. The fourth-order valence-corrected chi connectivity index (χ4v) is 1.84. The van der Waals surface area contributed by atoms with E-state index in [4.69, 9.17) is 9.52 Å². The molecule has 7 heteroatoms. The van der Waals surface area contributed by atoms with Gasteiger partial charge in [-0.1, -0.05) is 6.07 Å². The fraction of sp³-hybridized carbons (Fsp3) is 0.167. The number of aromatic nitrogens is 4. The normalized spacial score (nSPS) is 12.7. The molecule has 3 rings (SSSR count). The van der Waals surface area contributed by atoms with Gasteiger partial charge in [0, 0.05) is 0 Å². The minimum Gasteiger partial charge on any atom is -0.478 e.